The van der Waals surface area contributed by atoms with Crippen LogP contribution in [0.4, 0.5) is 15.6 Å². The third-order valence-electron chi connectivity index (χ3n) is 3.60. The molecule has 1 aromatic carbocycles. The molecule has 2 heterocycles. The lowest BCUT2D eigenvalue weighted by molar-refractivity contribution is 0.248. The molecule has 0 radical (unpaired) electrons. The Labute approximate surface area is 152 Å². The lowest BCUT2D eigenvalue weighted by atomic mass is 10.2. The molecule has 10 heteroatoms. The molecular weight excluding hydrogens is 416 g/mol. The van der Waals surface area contributed by atoms with Gasteiger partial charge in [-0.2, -0.15) is 0 Å². The first kappa shape index (κ1) is 17.3. The highest BCUT2D eigenvalue weighted by atomic mass is 79.9. The number of nitrogens with two attached hydrogens (primary N) is 1. The van der Waals surface area contributed by atoms with E-state index in [0.29, 0.717) is 23.9 Å². The molecule has 0 aliphatic carbocycles. The lowest BCUT2D eigenvalue weighted by Gasteiger charge is -2.34. The second-order valence-corrected chi connectivity index (χ2v) is 8.98. The molecule has 0 saturated carbocycles. The van der Waals surface area contributed by atoms with Gasteiger partial charge in [0, 0.05) is 23.2 Å². The van der Waals surface area contributed by atoms with Gasteiger partial charge in [-0.15, -0.1) is 0 Å². The van der Waals surface area contributed by atoms with Crippen molar-refractivity contribution in [2.75, 3.05) is 22.9 Å². The molecule has 24 heavy (non-hydrogen) atoms. The summed E-state index contributed by atoms with van der Waals surface area (Å²) in [5, 5.41) is 5.54. The van der Waals surface area contributed by atoms with Crippen molar-refractivity contribution in [1.82, 2.24) is 4.98 Å². The Bertz CT molecular complexity index is 880. The number of hydrogen-bond acceptors (Lipinski definition) is 5. The average molecular weight is 431 g/mol. The first-order valence-electron chi connectivity index (χ1n) is 7.12. The molecule has 1 aliphatic heterocycles. The fraction of sp³-hybridized carbons (Fsp3) is 0.286. The van der Waals surface area contributed by atoms with Crippen LogP contribution < -0.4 is 14.9 Å². The summed E-state index contributed by atoms with van der Waals surface area (Å²) in [6.45, 7) is 2.66. The quantitative estimate of drug-likeness (QED) is 0.808. The molecule has 2 amide bonds. The number of thiazole rings is 1. The van der Waals surface area contributed by atoms with Gasteiger partial charge in [-0.3, -0.25) is 9.80 Å². The number of halogens is 1. The van der Waals surface area contributed by atoms with E-state index in [1.807, 2.05) is 24.3 Å². The van der Waals surface area contributed by atoms with Crippen LogP contribution >= 0.6 is 27.3 Å². The molecule has 128 valence electrons. The van der Waals surface area contributed by atoms with Gasteiger partial charge in [0.2, 0.25) is 10.0 Å². The molecule has 0 unspecified atom stereocenters. The third-order valence-corrected chi connectivity index (χ3v) is 6.86. The van der Waals surface area contributed by atoms with Gasteiger partial charge in [-0.05, 0) is 37.6 Å². The van der Waals surface area contributed by atoms with Crippen LogP contribution in [0.2, 0.25) is 0 Å². The van der Waals surface area contributed by atoms with Crippen molar-refractivity contribution in [3.63, 3.8) is 0 Å². The fourth-order valence-corrected chi connectivity index (χ4v) is 4.74. The first-order valence-corrected chi connectivity index (χ1v) is 10.3. The number of hydrogen-bond donors (Lipinski definition) is 1. The highest BCUT2D eigenvalue weighted by Crippen LogP contribution is 2.32. The van der Waals surface area contributed by atoms with Gasteiger partial charge in [0.25, 0.3) is 0 Å². The standard InChI is InChI=1S/C14H15BrN4O3S2/c1-9-12(24(16,21)22)23-13(17-9)19-8-2-7-18(14(19)20)11-5-3-10(15)4-6-11/h3-6H,2,7-8H2,1H3,(H2,16,21,22). The van der Waals surface area contributed by atoms with Gasteiger partial charge in [-0.25, -0.2) is 23.3 Å². The summed E-state index contributed by atoms with van der Waals surface area (Å²) >= 11 is 4.29. The number of urea groups is 1. The van der Waals surface area contributed by atoms with E-state index in [2.05, 4.69) is 20.9 Å². The third kappa shape index (κ3) is 3.32. The summed E-state index contributed by atoms with van der Waals surface area (Å²) in [6, 6.07) is 7.23. The number of nitrogens with zero attached hydrogens (tertiary/aromatic N) is 3. The zero-order valence-electron chi connectivity index (χ0n) is 12.8. The molecule has 0 spiro atoms. The number of aryl methyl sites for hydroxylation is 1. The van der Waals surface area contributed by atoms with Crippen LogP contribution in [0.3, 0.4) is 0 Å². The van der Waals surface area contributed by atoms with Gasteiger partial charge < -0.3 is 0 Å². The van der Waals surface area contributed by atoms with Gasteiger partial charge >= 0.3 is 6.03 Å². The predicted octanol–water partition coefficient (Wildman–Crippen LogP) is 2.70. The van der Waals surface area contributed by atoms with Crippen LogP contribution in [0, 0.1) is 6.92 Å². The van der Waals surface area contributed by atoms with Crippen LogP contribution in [0.25, 0.3) is 0 Å². The monoisotopic (exact) mass is 430 g/mol. The summed E-state index contributed by atoms with van der Waals surface area (Å²) in [5.41, 5.74) is 1.10. The molecule has 1 fully saturated rings. The molecule has 3 rings (SSSR count). The molecule has 0 bridgehead atoms. The molecule has 2 N–H and O–H groups in total. The Morgan fingerprint density at radius 2 is 1.83 bits per heavy atom. The fourth-order valence-electron chi connectivity index (χ4n) is 2.51. The highest BCUT2D eigenvalue weighted by molar-refractivity contribution is 9.10. The Balaban J connectivity index is 1.92. The van der Waals surface area contributed by atoms with Crippen LogP contribution in [-0.2, 0) is 10.0 Å². The number of sulfonamides is 1. The second-order valence-electron chi connectivity index (χ2n) is 5.33. The Hall–Kier alpha value is -1.49. The minimum Gasteiger partial charge on any atom is -0.294 e. The van der Waals surface area contributed by atoms with E-state index in [4.69, 9.17) is 5.14 Å². The normalized spacial score (nSPS) is 15.9. The van der Waals surface area contributed by atoms with E-state index in [1.54, 1.807) is 11.8 Å². The number of aromatic nitrogens is 1. The van der Waals surface area contributed by atoms with Crippen LogP contribution in [0.15, 0.2) is 32.9 Å². The van der Waals surface area contributed by atoms with Gasteiger partial charge in [0.1, 0.15) is 0 Å². The van der Waals surface area contributed by atoms with Crippen molar-refractivity contribution in [1.29, 1.82) is 0 Å². The molecule has 1 saturated heterocycles. The zero-order valence-corrected chi connectivity index (χ0v) is 16.0. The van der Waals surface area contributed by atoms with Crippen molar-refractivity contribution in [3.05, 3.63) is 34.4 Å². The SMILES string of the molecule is Cc1nc(N2CCCN(c3ccc(Br)cc3)C2=O)sc1S(N)(=O)=O. The van der Waals surface area contributed by atoms with E-state index in [1.165, 1.54) is 4.90 Å². The number of benzene rings is 1. The minimum atomic E-state index is -3.84. The second kappa shape index (κ2) is 6.43. The number of carbonyl (C=O) groups excluding carboxylic acids is 1. The maximum absolute atomic E-state index is 12.8. The van der Waals surface area contributed by atoms with Gasteiger partial charge in [0.05, 0.1) is 5.69 Å². The van der Waals surface area contributed by atoms with Crippen LogP contribution in [0.1, 0.15) is 12.1 Å². The van der Waals surface area contributed by atoms with E-state index in [9.17, 15) is 13.2 Å². The van der Waals surface area contributed by atoms with E-state index >= 15 is 0 Å². The Morgan fingerprint density at radius 3 is 2.42 bits per heavy atom. The Kier molecular flexibility index (Phi) is 4.65. The smallest absolute Gasteiger partial charge is 0.294 e. The average Bonchev–Trinajstić information content (AvgIpc) is 2.90. The van der Waals surface area contributed by atoms with Crippen molar-refractivity contribution < 1.29 is 13.2 Å². The van der Waals surface area contributed by atoms with Crippen LogP contribution in [-0.4, -0.2) is 32.5 Å². The number of carbonyl (C=O) groups is 1. The highest BCUT2D eigenvalue weighted by Gasteiger charge is 2.31. The number of primary sulfonamides is 1. The number of amides is 2. The molecule has 7 nitrogen and oxygen atoms in total. The summed E-state index contributed by atoms with van der Waals surface area (Å²) in [6.07, 6.45) is 0.755. The maximum atomic E-state index is 12.8. The van der Waals surface area contributed by atoms with E-state index in [0.717, 1.165) is 27.9 Å². The van der Waals surface area contributed by atoms with Crippen molar-refractivity contribution in [2.24, 2.45) is 5.14 Å². The summed E-state index contributed by atoms with van der Waals surface area (Å²) in [5.74, 6) is 0. The zero-order chi connectivity index (χ0) is 17.5. The molecule has 2 aromatic rings. The largest absolute Gasteiger partial charge is 0.330 e. The predicted molar refractivity (Wildman–Crippen MR) is 97.1 cm³/mol. The number of rotatable bonds is 3. The van der Waals surface area contributed by atoms with Crippen LogP contribution in [0.5, 0.6) is 0 Å². The minimum absolute atomic E-state index is 0.00827. The van der Waals surface area contributed by atoms with Gasteiger partial charge in [0.15, 0.2) is 9.34 Å². The molecule has 0 atom stereocenters. The molecule has 1 aromatic heterocycles. The molecular formula is C14H15BrN4O3S2. The Morgan fingerprint density at radius 1 is 1.21 bits per heavy atom. The van der Waals surface area contributed by atoms with Gasteiger partial charge in [-0.1, -0.05) is 27.3 Å². The lowest BCUT2D eigenvalue weighted by Crippen LogP contribution is -2.49. The maximum Gasteiger partial charge on any atom is 0.330 e. The van der Waals surface area contributed by atoms with Crippen molar-refractivity contribution in [2.45, 2.75) is 17.6 Å². The molecule has 1 aliphatic rings. The van der Waals surface area contributed by atoms with E-state index < -0.39 is 10.0 Å². The summed E-state index contributed by atoms with van der Waals surface area (Å²) in [7, 11) is -3.84. The summed E-state index contributed by atoms with van der Waals surface area (Å²) < 4.78 is 24.1. The first-order chi connectivity index (χ1) is 11.3. The number of anilines is 2. The van der Waals surface area contributed by atoms with E-state index in [-0.39, 0.29) is 10.2 Å². The topological polar surface area (TPSA) is 96.6 Å². The van der Waals surface area contributed by atoms with Crippen molar-refractivity contribution >= 4 is 54.1 Å². The summed E-state index contributed by atoms with van der Waals surface area (Å²) in [4.78, 5) is 20.2. The van der Waals surface area contributed by atoms with Crippen molar-refractivity contribution in [3.8, 4) is 0 Å².